The molecule has 8 heteroatoms. The zero-order valence-electron chi connectivity index (χ0n) is 22.9. The second-order valence-electron chi connectivity index (χ2n) is 9.10. The molecule has 212 valence electrons. The van der Waals surface area contributed by atoms with Gasteiger partial charge in [0.05, 0.1) is 12.3 Å². The minimum absolute atomic E-state index is 0.227. The van der Waals surface area contributed by atoms with Crippen LogP contribution in [0, 0.1) is 11.6 Å². The number of halogens is 2. The fourth-order valence-corrected chi connectivity index (χ4v) is 3.96. The predicted molar refractivity (Wildman–Crippen MR) is 153 cm³/mol. The van der Waals surface area contributed by atoms with Gasteiger partial charge in [-0.15, -0.1) is 0 Å². The van der Waals surface area contributed by atoms with Crippen LogP contribution in [0.3, 0.4) is 0 Å². The minimum atomic E-state index is -0.874. The summed E-state index contributed by atoms with van der Waals surface area (Å²) in [7, 11) is 0. The Morgan fingerprint density at radius 2 is 1.32 bits per heavy atom. The molecule has 1 unspecified atom stereocenters. The largest absolute Gasteiger partial charge is 0.490 e. The van der Waals surface area contributed by atoms with Gasteiger partial charge >= 0.3 is 5.97 Å². The van der Waals surface area contributed by atoms with E-state index < -0.39 is 12.1 Å². The molecule has 0 amide bonds. The van der Waals surface area contributed by atoms with E-state index in [1.165, 1.54) is 36.4 Å². The molecule has 0 aliphatic rings. The van der Waals surface area contributed by atoms with Crippen molar-refractivity contribution in [3.05, 3.63) is 120 Å². The number of nitrogens with zero attached hydrogens (tertiary/aromatic N) is 1. The lowest BCUT2D eigenvalue weighted by atomic mass is 10.0. The predicted octanol–water partition coefficient (Wildman–Crippen LogP) is 7.00. The second kappa shape index (κ2) is 14.6. The van der Waals surface area contributed by atoms with Gasteiger partial charge in [0.15, 0.2) is 12.7 Å². The molecular weight excluding hydrogens is 528 g/mol. The van der Waals surface area contributed by atoms with E-state index in [9.17, 15) is 13.6 Å². The van der Waals surface area contributed by atoms with E-state index >= 15 is 0 Å². The summed E-state index contributed by atoms with van der Waals surface area (Å²) < 4.78 is 43.0. The van der Waals surface area contributed by atoms with Crippen molar-refractivity contribution in [1.82, 2.24) is 0 Å². The number of hydrogen-bond donors (Lipinski definition) is 0. The van der Waals surface area contributed by atoms with E-state index in [-0.39, 0.29) is 31.3 Å². The van der Waals surface area contributed by atoms with Crippen molar-refractivity contribution in [2.24, 2.45) is 5.16 Å². The number of carbonyl (C=O) groups is 1. The number of oxime groups is 1. The van der Waals surface area contributed by atoms with Crippen LogP contribution in [0.15, 0.2) is 102 Å². The van der Waals surface area contributed by atoms with E-state index in [1.807, 2.05) is 43.3 Å². The van der Waals surface area contributed by atoms with Crippen LogP contribution >= 0.6 is 0 Å². The van der Waals surface area contributed by atoms with Gasteiger partial charge in [-0.05, 0) is 84.6 Å². The van der Waals surface area contributed by atoms with Gasteiger partial charge in [0.1, 0.15) is 29.7 Å². The van der Waals surface area contributed by atoms with Gasteiger partial charge in [-0.25, -0.2) is 13.6 Å². The van der Waals surface area contributed by atoms with Crippen molar-refractivity contribution in [1.29, 1.82) is 0 Å². The Morgan fingerprint density at radius 3 is 1.93 bits per heavy atom. The molecule has 0 saturated heterocycles. The van der Waals surface area contributed by atoms with Crippen LogP contribution in [0.2, 0.25) is 0 Å². The first-order chi connectivity index (χ1) is 19.9. The Hall–Kier alpha value is -4.72. The average molecular weight is 560 g/mol. The Morgan fingerprint density at radius 1 is 0.756 bits per heavy atom. The molecule has 0 aromatic heterocycles. The van der Waals surface area contributed by atoms with E-state index in [4.69, 9.17) is 19.0 Å². The summed E-state index contributed by atoms with van der Waals surface area (Å²) in [4.78, 5) is 17.8. The highest BCUT2D eigenvalue weighted by Gasteiger charge is 2.22. The molecule has 0 aliphatic heterocycles. The van der Waals surface area contributed by atoms with E-state index in [0.29, 0.717) is 18.1 Å². The van der Waals surface area contributed by atoms with Gasteiger partial charge in [0, 0.05) is 6.42 Å². The third-order valence-electron chi connectivity index (χ3n) is 6.11. The average Bonchev–Trinajstić information content (AvgIpc) is 2.99. The SMILES string of the molecule is CCOC(=O)C(Cc1ccc(OCCO/N=C(/C)c2ccc(-c3ccc(F)cc3)cc2)cc1)Oc1ccc(F)cc1. The normalized spacial score (nSPS) is 12.0. The van der Waals surface area contributed by atoms with Crippen LogP contribution in [-0.4, -0.2) is 37.6 Å². The van der Waals surface area contributed by atoms with Crippen molar-refractivity contribution in [3.8, 4) is 22.6 Å². The molecule has 0 fully saturated rings. The molecule has 0 saturated carbocycles. The van der Waals surface area contributed by atoms with Crippen molar-refractivity contribution >= 4 is 11.7 Å². The first-order valence-electron chi connectivity index (χ1n) is 13.2. The minimum Gasteiger partial charge on any atom is -0.490 e. The second-order valence-corrected chi connectivity index (χ2v) is 9.10. The first kappa shape index (κ1) is 29.3. The standard InChI is InChI=1S/C33H31F2NO5/c1-3-38-33(37)32(41-31-18-14-29(35)15-19-31)22-24-4-16-30(17-5-24)39-20-21-40-36-23(2)25-6-8-26(9-7-25)27-10-12-28(34)13-11-27/h4-19,32H,3,20-22H2,1-2H3/b36-23-. The summed E-state index contributed by atoms with van der Waals surface area (Å²) in [6.07, 6.45) is -0.598. The van der Waals surface area contributed by atoms with Gasteiger partial charge in [-0.1, -0.05) is 53.7 Å². The van der Waals surface area contributed by atoms with Gasteiger partial charge in [0.2, 0.25) is 0 Å². The Bertz CT molecular complexity index is 1420. The van der Waals surface area contributed by atoms with Crippen LogP contribution in [0.1, 0.15) is 25.0 Å². The van der Waals surface area contributed by atoms with Crippen LogP contribution in [0.4, 0.5) is 8.78 Å². The van der Waals surface area contributed by atoms with Crippen LogP contribution in [0.25, 0.3) is 11.1 Å². The van der Waals surface area contributed by atoms with Crippen molar-refractivity contribution < 1.29 is 32.6 Å². The summed E-state index contributed by atoms with van der Waals surface area (Å²) in [6.45, 7) is 4.35. The lowest BCUT2D eigenvalue weighted by Crippen LogP contribution is -2.31. The zero-order chi connectivity index (χ0) is 29.0. The number of carbonyl (C=O) groups excluding carboxylic acids is 1. The molecular formula is C33H31F2NO5. The molecule has 0 spiro atoms. The van der Waals surface area contributed by atoms with Crippen molar-refractivity contribution in [2.75, 3.05) is 19.8 Å². The monoisotopic (exact) mass is 559 g/mol. The van der Waals surface area contributed by atoms with Gasteiger partial charge in [-0.2, -0.15) is 0 Å². The summed E-state index contributed by atoms with van der Waals surface area (Å²) in [5.74, 6) is -0.122. The number of hydrogen-bond acceptors (Lipinski definition) is 6. The maximum Gasteiger partial charge on any atom is 0.347 e. The molecule has 4 aromatic carbocycles. The fraction of sp³-hybridized carbons (Fsp3) is 0.212. The Kier molecular flexibility index (Phi) is 10.4. The Balaban J connectivity index is 1.24. The molecule has 0 bridgehead atoms. The van der Waals surface area contributed by atoms with E-state index in [2.05, 4.69) is 5.16 Å². The van der Waals surface area contributed by atoms with Gasteiger partial charge < -0.3 is 19.0 Å². The summed E-state index contributed by atoms with van der Waals surface area (Å²) >= 11 is 0. The van der Waals surface area contributed by atoms with E-state index in [1.54, 1.807) is 31.2 Å². The maximum atomic E-state index is 13.2. The lowest BCUT2D eigenvalue weighted by molar-refractivity contribution is -0.151. The Labute approximate surface area is 238 Å². The quantitative estimate of drug-likeness (QED) is 0.0764. The highest BCUT2D eigenvalue weighted by atomic mass is 19.1. The fourth-order valence-electron chi connectivity index (χ4n) is 3.96. The zero-order valence-corrected chi connectivity index (χ0v) is 22.9. The molecule has 4 aromatic rings. The molecule has 0 heterocycles. The van der Waals surface area contributed by atoms with Gasteiger partial charge in [-0.3, -0.25) is 0 Å². The smallest absolute Gasteiger partial charge is 0.347 e. The number of esters is 1. The molecule has 4 rings (SSSR count). The van der Waals surface area contributed by atoms with Crippen LogP contribution in [0.5, 0.6) is 11.5 Å². The number of rotatable bonds is 13. The van der Waals surface area contributed by atoms with Crippen LogP contribution < -0.4 is 9.47 Å². The number of ether oxygens (including phenoxy) is 3. The van der Waals surface area contributed by atoms with E-state index in [0.717, 1.165) is 28.0 Å². The third-order valence-corrected chi connectivity index (χ3v) is 6.11. The molecule has 0 aliphatic carbocycles. The molecule has 1 atom stereocenters. The molecule has 0 radical (unpaired) electrons. The van der Waals surface area contributed by atoms with Crippen molar-refractivity contribution in [3.63, 3.8) is 0 Å². The number of benzene rings is 4. The highest BCUT2D eigenvalue weighted by molar-refractivity contribution is 5.98. The maximum absolute atomic E-state index is 13.2. The molecule has 6 nitrogen and oxygen atoms in total. The van der Waals surface area contributed by atoms with Crippen molar-refractivity contribution in [2.45, 2.75) is 26.4 Å². The summed E-state index contributed by atoms with van der Waals surface area (Å²) in [5, 5.41) is 4.17. The highest BCUT2D eigenvalue weighted by Crippen LogP contribution is 2.21. The summed E-state index contributed by atoms with van der Waals surface area (Å²) in [5.41, 5.74) is 4.40. The van der Waals surface area contributed by atoms with Crippen LogP contribution in [-0.2, 0) is 20.8 Å². The van der Waals surface area contributed by atoms with Gasteiger partial charge in [0.25, 0.3) is 0 Å². The third kappa shape index (κ3) is 8.89. The summed E-state index contributed by atoms with van der Waals surface area (Å²) in [6, 6.07) is 26.9. The molecule has 0 N–H and O–H groups in total. The first-order valence-corrected chi connectivity index (χ1v) is 13.2. The molecule has 41 heavy (non-hydrogen) atoms. The lowest BCUT2D eigenvalue weighted by Gasteiger charge is -2.18. The topological polar surface area (TPSA) is 66.4 Å².